The molecule has 2 aromatic heterocycles. The summed E-state index contributed by atoms with van der Waals surface area (Å²) in [5.74, 6) is 0.736. The largest absolute Gasteiger partial charge is 0.491 e. The van der Waals surface area contributed by atoms with Gasteiger partial charge in [0.25, 0.3) is 5.88 Å². The van der Waals surface area contributed by atoms with Gasteiger partial charge in [0.05, 0.1) is 34.5 Å². The molecule has 2 heterocycles. The van der Waals surface area contributed by atoms with Crippen molar-refractivity contribution in [3.05, 3.63) is 45.8 Å². The maximum Gasteiger partial charge on any atom is 0.257 e. The highest BCUT2D eigenvalue weighted by molar-refractivity contribution is 6.37. The predicted molar refractivity (Wildman–Crippen MR) is 103 cm³/mol. The summed E-state index contributed by atoms with van der Waals surface area (Å²) in [7, 11) is 1.52. The number of nitriles is 1. The van der Waals surface area contributed by atoms with Gasteiger partial charge in [0.15, 0.2) is 5.75 Å². The first kappa shape index (κ1) is 19.4. The van der Waals surface area contributed by atoms with E-state index in [1.807, 2.05) is 0 Å². The molecule has 2 unspecified atom stereocenters. The summed E-state index contributed by atoms with van der Waals surface area (Å²) < 4.78 is 11.2. The maximum atomic E-state index is 9.69. The SMILES string of the molecule is COc1ccc(/C(C#N)=C/c2c(Cl)cncc2Cl)nc1OC1CCC(O)C1. The van der Waals surface area contributed by atoms with Crippen molar-refractivity contribution in [2.75, 3.05) is 7.11 Å². The van der Waals surface area contributed by atoms with Gasteiger partial charge in [0, 0.05) is 24.4 Å². The van der Waals surface area contributed by atoms with E-state index in [-0.39, 0.29) is 23.7 Å². The lowest BCUT2D eigenvalue weighted by atomic mass is 10.1. The average molecular weight is 406 g/mol. The fourth-order valence-corrected chi connectivity index (χ4v) is 3.34. The maximum absolute atomic E-state index is 9.69. The third-order valence-corrected chi connectivity index (χ3v) is 4.86. The fraction of sp³-hybridized carbons (Fsp3) is 0.316. The smallest absolute Gasteiger partial charge is 0.257 e. The molecule has 0 saturated heterocycles. The Bertz CT molecular complexity index is 891. The highest BCUT2D eigenvalue weighted by atomic mass is 35.5. The second-order valence-corrected chi connectivity index (χ2v) is 6.91. The number of pyridine rings is 2. The van der Waals surface area contributed by atoms with Crippen LogP contribution < -0.4 is 9.47 Å². The van der Waals surface area contributed by atoms with E-state index in [1.54, 1.807) is 18.2 Å². The van der Waals surface area contributed by atoms with Gasteiger partial charge in [0.2, 0.25) is 0 Å². The molecular weight excluding hydrogens is 389 g/mol. The van der Waals surface area contributed by atoms with E-state index in [4.69, 9.17) is 32.7 Å². The lowest BCUT2D eigenvalue weighted by molar-refractivity contribution is 0.144. The Kier molecular flexibility index (Phi) is 6.17. The van der Waals surface area contributed by atoms with Crippen LogP contribution in [0.25, 0.3) is 11.6 Å². The lowest BCUT2D eigenvalue weighted by Gasteiger charge is -2.15. The molecule has 0 aliphatic heterocycles. The molecule has 6 nitrogen and oxygen atoms in total. The van der Waals surface area contributed by atoms with Crippen molar-refractivity contribution in [3.8, 4) is 17.7 Å². The standard InChI is InChI=1S/C19H17Cl2N3O3/c1-26-18-5-4-17(24-19(18)27-13-3-2-12(25)7-13)11(8-22)6-14-15(20)9-23-10-16(14)21/h4-6,9-10,12-13,25H,2-3,7H2,1H3/b11-6+. The zero-order chi connectivity index (χ0) is 19.4. The third kappa shape index (κ3) is 4.51. The van der Waals surface area contributed by atoms with E-state index in [1.165, 1.54) is 19.5 Å². The second-order valence-electron chi connectivity index (χ2n) is 6.10. The van der Waals surface area contributed by atoms with Crippen LogP contribution in [0.4, 0.5) is 0 Å². The summed E-state index contributed by atoms with van der Waals surface area (Å²) in [4.78, 5) is 8.34. The Morgan fingerprint density at radius 3 is 2.63 bits per heavy atom. The van der Waals surface area contributed by atoms with Gasteiger partial charge in [-0.05, 0) is 31.1 Å². The molecule has 1 aliphatic carbocycles. The van der Waals surface area contributed by atoms with Gasteiger partial charge in [-0.2, -0.15) is 5.26 Å². The molecule has 0 radical (unpaired) electrons. The second kappa shape index (κ2) is 8.57. The minimum atomic E-state index is -0.366. The fourth-order valence-electron chi connectivity index (χ4n) is 2.87. The van der Waals surface area contributed by atoms with Crippen molar-refractivity contribution in [1.82, 2.24) is 9.97 Å². The molecule has 1 saturated carbocycles. The summed E-state index contributed by atoms with van der Waals surface area (Å²) >= 11 is 12.3. The number of ether oxygens (including phenoxy) is 2. The number of aromatic nitrogens is 2. The first-order chi connectivity index (χ1) is 13.0. The minimum Gasteiger partial charge on any atom is -0.491 e. The molecule has 3 rings (SSSR count). The molecule has 2 aromatic rings. The molecule has 0 amide bonds. The summed E-state index contributed by atoms with van der Waals surface area (Å²) in [6.45, 7) is 0. The molecule has 1 fully saturated rings. The van der Waals surface area contributed by atoms with E-state index in [9.17, 15) is 10.4 Å². The summed E-state index contributed by atoms with van der Waals surface area (Å²) in [5, 5.41) is 19.9. The Morgan fingerprint density at radius 1 is 1.30 bits per heavy atom. The summed E-state index contributed by atoms with van der Waals surface area (Å²) in [6, 6.07) is 5.46. The zero-order valence-corrected chi connectivity index (χ0v) is 16.0. The Labute approximate surface area is 167 Å². The van der Waals surface area contributed by atoms with Gasteiger partial charge < -0.3 is 14.6 Å². The molecule has 1 aliphatic rings. The molecule has 1 N–H and O–H groups in total. The van der Waals surface area contributed by atoms with Crippen molar-refractivity contribution in [3.63, 3.8) is 0 Å². The number of halogens is 2. The number of aliphatic hydroxyl groups is 1. The van der Waals surface area contributed by atoms with Crippen LogP contribution in [0.5, 0.6) is 11.6 Å². The predicted octanol–water partition coefficient (Wildman–Crippen LogP) is 4.15. The first-order valence-electron chi connectivity index (χ1n) is 8.32. The van der Waals surface area contributed by atoms with Crippen molar-refractivity contribution < 1.29 is 14.6 Å². The lowest BCUT2D eigenvalue weighted by Crippen LogP contribution is -2.15. The number of hydrogen-bond acceptors (Lipinski definition) is 6. The minimum absolute atomic E-state index is 0.143. The molecule has 27 heavy (non-hydrogen) atoms. The highest BCUT2D eigenvalue weighted by Crippen LogP contribution is 2.33. The number of rotatable bonds is 5. The zero-order valence-electron chi connectivity index (χ0n) is 14.5. The normalized spacial score (nSPS) is 19.6. The van der Waals surface area contributed by atoms with E-state index in [0.29, 0.717) is 39.9 Å². The topological polar surface area (TPSA) is 88.3 Å². The van der Waals surface area contributed by atoms with Crippen LogP contribution in [0.15, 0.2) is 24.5 Å². The van der Waals surface area contributed by atoms with Crippen molar-refractivity contribution >= 4 is 34.9 Å². The number of aliphatic hydroxyl groups excluding tert-OH is 1. The van der Waals surface area contributed by atoms with E-state index >= 15 is 0 Å². The number of methoxy groups -OCH3 is 1. The molecule has 0 bridgehead atoms. The van der Waals surface area contributed by atoms with E-state index < -0.39 is 0 Å². The molecule has 140 valence electrons. The van der Waals surface area contributed by atoms with Crippen LogP contribution in [0.1, 0.15) is 30.5 Å². The van der Waals surface area contributed by atoms with Gasteiger partial charge in [-0.25, -0.2) is 4.98 Å². The quantitative estimate of drug-likeness (QED) is 0.751. The molecular formula is C19H17Cl2N3O3. The number of nitrogens with zero attached hydrogens (tertiary/aromatic N) is 3. The Morgan fingerprint density at radius 2 is 2.04 bits per heavy atom. The van der Waals surface area contributed by atoms with Gasteiger partial charge in [-0.1, -0.05) is 23.2 Å². The Hall–Kier alpha value is -2.33. The Balaban J connectivity index is 1.96. The number of hydrogen-bond donors (Lipinski definition) is 1. The van der Waals surface area contributed by atoms with Gasteiger partial charge in [0.1, 0.15) is 12.2 Å². The first-order valence-corrected chi connectivity index (χ1v) is 9.08. The molecule has 0 aromatic carbocycles. The van der Waals surface area contributed by atoms with Gasteiger partial charge >= 0.3 is 0 Å². The van der Waals surface area contributed by atoms with Crippen LogP contribution >= 0.6 is 23.2 Å². The van der Waals surface area contributed by atoms with Crippen molar-refractivity contribution in [1.29, 1.82) is 5.26 Å². The summed E-state index contributed by atoms with van der Waals surface area (Å²) in [5.41, 5.74) is 1.16. The summed E-state index contributed by atoms with van der Waals surface area (Å²) in [6.07, 6.45) is 5.92. The van der Waals surface area contributed by atoms with Crippen molar-refractivity contribution in [2.45, 2.75) is 31.5 Å². The van der Waals surface area contributed by atoms with E-state index in [2.05, 4.69) is 16.0 Å². The average Bonchev–Trinajstić information content (AvgIpc) is 3.06. The van der Waals surface area contributed by atoms with Crippen molar-refractivity contribution in [2.24, 2.45) is 0 Å². The van der Waals surface area contributed by atoms with Crippen LogP contribution in [-0.2, 0) is 0 Å². The highest BCUT2D eigenvalue weighted by Gasteiger charge is 2.26. The van der Waals surface area contributed by atoms with Crippen LogP contribution in [-0.4, -0.2) is 34.4 Å². The number of allylic oxidation sites excluding steroid dienone is 1. The van der Waals surface area contributed by atoms with E-state index in [0.717, 1.165) is 6.42 Å². The van der Waals surface area contributed by atoms with Gasteiger partial charge in [-0.15, -0.1) is 0 Å². The monoisotopic (exact) mass is 405 g/mol. The van der Waals surface area contributed by atoms with Gasteiger partial charge in [-0.3, -0.25) is 4.98 Å². The molecule has 2 atom stereocenters. The molecule has 8 heteroatoms. The van der Waals surface area contributed by atoms with Crippen LogP contribution in [0, 0.1) is 11.3 Å². The van der Waals surface area contributed by atoms with Crippen LogP contribution in [0.2, 0.25) is 10.0 Å². The molecule has 0 spiro atoms. The third-order valence-electron chi connectivity index (χ3n) is 4.26. The van der Waals surface area contributed by atoms with Crippen LogP contribution in [0.3, 0.4) is 0 Å².